The van der Waals surface area contributed by atoms with Gasteiger partial charge in [0.25, 0.3) is 17.7 Å². The second kappa shape index (κ2) is 10.8. The maximum Gasteiger partial charge on any atom is 0.283 e. The topological polar surface area (TPSA) is 90.5 Å². The second-order valence-corrected chi connectivity index (χ2v) is 9.10. The van der Waals surface area contributed by atoms with E-state index in [1.165, 1.54) is 0 Å². The van der Waals surface area contributed by atoms with E-state index in [1.807, 2.05) is 42.5 Å². The van der Waals surface area contributed by atoms with Gasteiger partial charge in [-0.05, 0) is 72.8 Å². The van der Waals surface area contributed by atoms with Crippen LogP contribution in [0.5, 0.6) is 0 Å². The Hall–Kier alpha value is -4.59. The fraction of sp³-hybridized carbons (Fsp3) is 0. The molecule has 7 nitrogen and oxygen atoms in total. The molecule has 3 N–H and O–H groups in total. The lowest BCUT2D eigenvalue weighted by atomic mass is 10.1. The number of carbonyl (C=O) groups excluding carboxylic acids is 3. The minimum Gasteiger partial charge on any atom is -0.356 e. The van der Waals surface area contributed by atoms with E-state index in [2.05, 4.69) is 16.0 Å². The van der Waals surface area contributed by atoms with Crippen molar-refractivity contribution < 1.29 is 14.4 Å². The number of rotatable bonds is 7. The summed E-state index contributed by atoms with van der Waals surface area (Å²) in [7, 11) is 0. The first-order valence-corrected chi connectivity index (χ1v) is 12.3. The highest BCUT2D eigenvalue weighted by Crippen LogP contribution is 2.34. The molecular formula is C29H20Cl2N4O3. The summed E-state index contributed by atoms with van der Waals surface area (Å²) in [5.74, 6) is -1.59. The molecule has 0 unspecified atom stereocenters. The number of amides is 3. The standard InChI is InChI=1S/C29H20Cl2N4O3/c30-23-8-4-5-9-24(23)35-28(37)25(31)26(29(35)38)33-21-12-10-18(11-13-21)27(36)34-22-16-14-20(15-17-22)32-19-6-2-1-3-7-19/h1-17,32-33H,(H,34,36). The number of benzene rings is 4. The molecule has 9 heteroatoms. The molecule has 0 aromatic heterocycles. The molecule has 1 heterocycles. The molecule has 4 aromatic rings. The van der Waals surface area contributed by atoms with Gasteiger partial charge in [0.2, 0.25) is 0 Å². The molecule has 0 bridgehead atoms. The largest absolute Gasteiger partial charge is 0.356 e. The summed E-state index contributed by atoms with van der Waals surface area (Å²) in [5, 5.41) is 9.03. The zero-order chi connectivity index (χ0) is 26.6. The average Bonchev–Trinajstić information content (AvgIpc) is 3.14. The van der Waals surface area contributed by atoms with Crippen LogP contribution in [0.15, 0.2) is 114 Å². The van der Waals surface area contributed by atoms with Gasteiger partial charge in [0.1, 0.15) is 10.7 Å². The number of imide groups is 1. The predicted octanol–water partition coefficient (Wildman–Crippen LogP) is 6.77. The number of nitrogens with one attached hydrogen (secondary N) is 3. The number of carbonyl (C=O) groups is 3. The molecule has 188 valence electrons. The van der Waals surface area contributed by atoms with Crippen molar-refractivity contribution in [3.8, 4) is 0 Å². The van der Waals surface area contributed by atoms with Crippen molar-refractivity contribution in [2.24, 2.45) is 0 Å². The SMILES string of the molecule is O=C(Nc1ccc(Nc2ccccc2)cc1)c1ccc(NC2=C(Cl)C(=O)N(c3ccccc3Cl)C2=O)cc1. The van der Waals surface area contributed by atoms with Crippen molar-refractivity contribution in [3.63, 3.8) is 0 Å². The first-order chi connectivity index (χ1) is 18.4. The summed E-state index contributed by atoms with van der Waals surface area (Å²) in [6.45, 7) is 0. The summed E-state index contributed by atoms with van der Waals surface area (Å²) in [4.78, 5) is 39.3. The highest BCUT2D eigenvalue weighted by atomic mass is 35.5. The fourth-order valence-corrected chi connectivity index (χ4v) is 4.27. The van der Waals surface area contributed by atoms with E-state index in [9.17, 15) is 14.4 Å². The Morgan fingerprint density at radius 3 is 1.84 bits per heavy atom. The Labute approximate surface area is 228 Å². The summed E-state index contributed by atoms with van der Waals surface area (Å²) < 4.78 is 0. The summed E-state index contributed by atoms with van der Waals surface area (Å²) in [5.41, 5.74) is 3.57. The number of para-hydroxylation sites is 2. The predicted molar refractivity (Wildman–Crippen MR) is 151 cm³/mol. The highest BCUT2D eigenvalue weighted by Gasteiger charge is 2.39. The lowest BCUT2D eigenvalue weighted by Crippen LogP contribution is -2.32. The minimum atomic E-state index is -0.673. The molecule has 0 atom stereocenters. The van der Waals surface area contributed by atoms with E-state index in [-0.39, 0.29) is 27.3 Å². The average molecular weight is 543 g/mol. The smallest absolute Gasteiger partial charge is 0.283 e. The summed E-state index contributed by atoms with van der Waals surface area (Å²) in [6, 6.07) is 30.1. The van der Waals surface area contributed by atoms with E-state index in [4.69, 9.17) is 23.2 Å². The first-order valence-electron chi connectivity index (χ1n) is 11.5. The number of halogens is 2. The quantitative estimate of drug-likeness (QED) is 0.224. The Morgan fingerprint density at radius 2 is 1.16 bits per heavy atom. The third-order valence-electron chi connectivity index (χ3n) is 5.74. The van der Waals surface area contributed by atoms with Gasteiger partial charge >= 0.3 is 0 Å². The van der Waals surface area contributed by atoms with Gasteiger partial charge in [-0.25, -0.2) is 4.90 Å². The molecule has 0 radical (unpaired) electrons. The van der Waals surface area contributed by atoms with E-state index in [1.54, 1.807) is 60.7 Å². The Balaban J connectivity index is 1.23. The van der Waals surface area contributed by atoms with Gasteiger partial charge in [-0.1, -0.05) is 53.5 Å². The van der Waals surface area contributed by atoms with Crippen LogP contribution in [0, 0.1) is 0 Å². The zero-order valence-electron chi connectivity index (χ0n) is 19.7. The number of anilines is 5. The van der Waals surface area contributed by atoms with E-state index < -0.39 is 11.8 Å². The van der Waals surface area contributed by atoms with Crippen LogP contribution >= 0.6 is 23.2 Å². The zero-order valence-corrected chi connectivity index (χ0v) is 21.3. The van der Waals surface area contributed by atoms with Crippen molar-refractivity contribution >= 4 is 69.4 Å². The van der Waals surface area contributed by atoms with Gasteiger partial charge in [0.05, 0.1) is 10.7 Å². The molecule has 0 fully saturated rings. The normalized spacial score (nSPS) is 13.1. The van der Waals surface area contributed by atoms with Gasteiger partial charge < -0.3 is 16.0 Å². The van der Waals surface area contributed by atoms with Crippen LogP contribution in [0.2, 0.25) is 5.02 Å². The fourth-order valence-electron chi connectivity index (χ4n) is 3.84. The van der Waals surface area contributed by atoms with Gasteiger partial charge in [-0.3, -0.25) is 14.4 Å². The molecule has 1 aliphatic heterocycles. The van der Waals surface area contributed by atoms with Gasteiger partial charge in [0, 0.05) is 28.3 Å². The molecular weight excluding hydrogens is 523 g/mol. The number of nitrogens with zero attached hydrogens (tertiary/aromatic N) is 1. The van der Waals surface area contributed by atoms with Crippen LogP contribution in [-0.4, -0.2) is 17.7 Å². The first kappa shape index (κ1) is 25.1. The van der Waals surface area contributed by atoms with Crippen LogP contribution in [0.25, 0.3) is 0 Å². The molecule has 0 saturated heterocycles. The van der Waals surface area contributed by atoms with Crippen LogP contribution in [0.3, 0.4) is 0 Å². The minimum absolute atomic E-state index is 0.0713. The molecule has 5 rings (SSSR count). The molecule has 0 saturated carbocycles. The molecule has 1 aliphatic rings. The lowest BCUT2D eigenvalue weighted by molar-refractivity contribution is -0.120. The Bertz CT molecular complexity index is 1550. The summed E-state index contributed by atoms with van der Waals surface area (Å²) >= 11 is 12.4. The molecule has 3 amide bonds. The summed E-state index contributed by atoms with van der Waals surface area (Å²) in [6.07, 6.45) is 0. The number of hydrogen-bond acceptors (Lipinski definition) is 5. The Morgan fingerprint density at radius 1 is 0.605 bits per heavy atom. The Kier molecular flexibility index (Phi) is 7.13. The molecule has 0 aliphatic carbocycles. The van der Waals surface area contributed by atoms with Crippen molar-refractivity contribution in [2.45, 2.75) is 0 Å². The van der Waals surface area contributed by atoms with Crippen molar-refractivity contribution in [2.75, 3.05) is 20.9 Å². The van der Waals surface area contributed by atoms with Crippen LogP contribution in [0.1, 0.15) is 10.4 Å². The van der Waals surface area contributed by atoms with Crippen LogP contribution in [0.4, 0.5) is 28.4 Å². The van der Waals surface area contributed by atoms with Gasteiger partial charge in [0.15, 0.2) is 0 Å². The van der Waals surface area contributed by atoms with E-state index >= 15 is 0 Å². The van der Waals surface area contributed by atoms with Crippen LogP contribution < -0.4 is 20.9 Å². The monoisotopic (exact) mass is 542 g/mol. The molecule has 0 spiro atoms. The second-order valence-electron chi connectivity index (χ2n) is 8.31. The maximum absolute atomic E-state index is 13.0. The van der Waals surface area contributed by atoms with Crippen molar-refractivity contribution in [3.05, 3.63) is 124 Å². The van der Waals surface area contributed by atoms with Gasteiger partial charge in [-0.15, -0.1) is 0 Å². The lowest BCUT2D eigenvalue weighted by Gasteiger charge is -2.16. The van der Waals surface area contributed by atoms with E-state index in [0.29, 0.717) is 16.9 Å². The number of hydrogen-bond donors (Lipinski definition) is 3. The molecule has 4 aromatic carbocycles. The van der Waals surface area contributed by atoms with Crippen molar-refractivity contribution in [1.82, 2.24) is 0 Å². The van der Waals surface area contributed by atoms with Crippen molar-refractivity contribution in [1.29, 1.82) is 0 Å². The molecule has 38 heavy (non-hydrogen) atoms. The third kappa shape index (κ3) is 5.25. The maximum atomic E-state index is 13.0. The van der Waals surface area contributed by atoms with E-state index in [0.717, 1.165) is 16.3 Å². The van der Waals surface area contributed by atoms with Gasteiger partial charge in [-0.2, -0.15) is 0 Å². The highest BCUT2D eigenvalue weighted by molar-refractivity contribution is 6.53. The van der Waals surface area contributed by atoms with Crippen LogP contribution in [-0.2, 0) is 9.59 Å². The third-order valence-corrected chi connectivity index (χ3v) is 6.41.